The monoisotopic (exact) mass is 251 g/mol. The Kier molecular flexibility index (Phi) is 4.57. The average Bonchev–Trinajstić information content (AvgIpc) is 2.86. The van der Waals surface area contributed by atoms with Crippen LogP contribution >= 0.6 is 11.3 Å². The first-order chi connectivity index (χ1) is 8.33. The number of likely N-dealkylation sites (N-methyl/N-ethyl adjacent to an activating group) is 1. The van der Waals surface area contributed by atoms with Gasteiger partial charge in [-0.25, -0.2) is 4.98 Å². The van der Waals surface area contributed by atoms with Crippen LogP contribution in [0.4, 0.5) is 0 Å². The van der Waals surface area contributed by atoms with Crippen LogP contribution in [0, 0.1) is 0 Å². The summed E-state index contributed by atoms with van der Waals surface area (Å²) in [6, 6.07) is 0.574. The molecule has 0 aromatic carbocycles. The molecule has 94 valence electrons. The Bertz CT molecular complexity index is 418. The Morgan fingerprint density at radius 2 is 2.35 bits per heavy atom. The smallest absolute Gasteiger partial charge is 0.193 e. The van der Waals surface area contributed by atoms with Crippen molar-refractivity contribution in [3.05, 3.63) is 23.5 Å². The zero-order valence-electron chi connectivity index (χ0n) is 10.6. The molecule has 0 fully saturated rings. The van der Waals surface area contributed by atoms with Gasteiger partial charge in [0.1, 0.15) is 0 Å². The molecule has 0 amide bonds. The van der Waals surface area contributed by atoms with Gasteiger partial charge < -0.3 is 5.32 Å². The van der Waals surface area contributed by atoms with Gasteiger partial charge in [0, 0.05) is 30.2 Å². The summed E-state index contributed by atoms with van der Waals surface area (Å²) in [5.74, 6) is 0. The summed E-state index contributed by atoms with van der Waals surface area (Å²) in [6.45, 7) is 5.46. The van der Waals surface area contributed by atoms with Gasteiger partial charge in [-0.2, -0.15) is 0 Å². The number of nitrogens with zero attached hydrogens (tertiary/aromatic N) is 2. The van der Waals surface area contributed by atoms with Crippen LogP contribution in [0.15, 0.2) is 17.8 Å². The second kappa shape index (κ2) is 6.17. The van der Waals surface area contributed by atoms with Gasteiger partial charge in [0.2, 0.25) is 0 Å². The topological polar surface area (TPSA) is 29.3 Å². The zero-order chi connectivity index (χ0) is 12.1. The van der Waals surface area contributed by atoms with Crippen LogP contribution in [-0.2, 0) is 6.42 Å². The maximum atomic E-state index is 4.64. The lowest BCUT2D eigenvalue weighted by Gasteiger charge is -2.16. The predicted octanol–water partition coefficient (Wildman–Crippen LogP) is 3.11. The lowest BCUT2D eigenvalue weighted by Crippen LogP contribution is -2.31. The van der Waals surface area contributed by atoms with Crippen molar-refractivity contribution >= 4 is 16.3 Å². The minimum absolute atomic E-state index is 0.574. The number of aromatic nitrogens is 2. The fourth-order valence-electron chi connectivity index (χ4n) is 2.14. The molecule has 2 rings (SSSR count). The van der Waals surface area contributed by atoms with Crippen molar-refractivity contribution < 1.29 is 0 Å². The van der Waals surface area contributed by atoms with Gasteiger partial charge in [-0.1, -0.05) is 26.7 Å². The van der Waals surface area contributed by atoms with Crippen molar-refractivity contribution in [2.45, 2.75) is 45.6 Å². The van der Waals surface area contributed by atoms with E-state index in [0.717, 1.165) is 17.9 Å². The summed E-state index contributed by atoms with van der Waals surface area (Å²) >= 11 is 1.70. The molecule has 2 heterocycles. The molecule has 0 aliphatic rings. The summed E-state index contributed by atoms with van der Waals surface area (Å²) < 4.78 is 2.11. The first-order valence-electron chi connectivity index (χ1n) is 6.48. The van der Waals surface area contributed by atoms with Crippen LogP contribution in [0.1, 0.15) is 38.8 Å². The van der Waals surface area contributed by atoms with Crippen molar-refractivity contribution in [1.29, 1.82) is 0 Å². The molecular formula is C13H21N3S. The normalized spacial score (nSPS) is 13.3. The van der Waals surface area contributed by atoms with Crippen molar-refractivity contribution in [3.63, 3.8) is 0 Å². The van der Waals surface area contributed by atoms with E-state index in [4.69, 9.17) is 0 Å². The number of hydrogen-bond acceptors (Lipinski definition) is 3. The molecular weight excluding hydrogens is 230 g/mol. The van der Waals surface area contributed by atoms with E-state index in [1.165, 1.54) is 25.0 Å². The number of rotatable bonds is 7. The van der Waals surface area contributed by atoms with Crippen molar-refractivity contribution in [2.24, 2.45) is 0 Å². The van der Waals surface area contributed by atoms with Gasteiger partial charge in [0.25, 0.3) is 0 Å². The number of fused-ring (bicyclic) bond motifs is 1. The third kappa shape index (κ3) is 3.30. The van der Waals surface area contributed by atoms with Crippen LogP contribution in [0.3, 0.4) is 0 Å². The molecule has 1 atom stereocenters. The Labute approximate surface area is 107 Å². The first kappa shape index (κ1) is 12.6. The maximum absolute atomic E-state index is 4.64. The molecule has 2 aromatic rings. The second-order valence-corrected chi connectivity index (χ2v) is 5.30. The molecule has 17 heavy (non-hydrogen) atoms. The number of nitrogens with one attached hydrogen (secondary N) is 1. The molecule has 0 saturated heterocycles. The SMILES string of the molecule is CCCCC(Cc1cn2ccsc2n1)NCC. The molecule has 0 spiro atoms. The molecule has 4 heteroatoms. The Balaban J connectivity index is 1.98. The summed E-state index contributed by atoms with van der Waals surface area (Å²) in [5, 5.41) is 5.63. The predicted molar refractivity (Wildman–Crippen MR) is 73.8 cm³/mol. The summed E-state index contributed by atoms with van der Waals surface area (Å²) in [4.78, 5) is 5.75. The van der Waals surface area contributed by atoms with E-state index in [2.05, 4.69) is 46.3 Å². The Hall–Kier alpha value is -0.870. The molecule has 2 aromatic heterocycles. The van der Waals surface area contributed by atoms with Crippen molar-refractivity contribution in [2.75, 3.05) is 6.54 Å². The lowest BCUT2D eigenvalue weighted by atomic mass is 10.1. The third-order valence-electron chi connectivity index (χ3n) is 3.00. The van der Waals surface area contributed by atoms with Crippen molar-refractivity contribution in [1.82, 2.24) is 14.7 Å². The zero-order valence-corrected chi connectivity index (χ0v) is 11.5. The number of unbranched alkanes of at least 4 members (excludes halogenated alkanes) is 1. The molecule has 0 aliphatic carbocycles. The van der Waals surface area contributed by atoms with Crippen LogP contribution in [0.2, 0.25) is 0 Å². The van der Waals surface area contributed by atoms with Crippen molar-refractivity contribution in [3.8, 4) is 0 Å². The van der Waals surface area contributed by atoms with E-state index in [-0.39, 0.29) is 0 Å². The van der Waals surface area contributed by atoms with E-state index < -0.39 is 0 Å². The van der Waals surface area contributed by atoms with Gasteiger partial charge in [0.15, 0.2) is 4.96 Å². The highest BCUT2D eigenvalue weighted by Gasteiger charge is 2.10. The van der Waals surface area contributed by atoms with E-state index in [0.29, 0.717) is 6.04 Å². The average molecular weight is 251 g/mol. The summed E-state index contributed by atoms with van der Waals surface area (Å²) in [7, 11) is 0. The van der Waals surface area contributed by atoms with Gasteiger partial charge in [-0.3, -0.25) is 4.40 Å². The van der Waals surface area contributed by atoms with E-state index in [1.807, 2.05) is 0 Å². The van der Waals surface area contributed by atoms with E-state index >= 15 is 0 Å². The fraction of sp³-hybridized carbons (Fsp3) is 0.615. The molecule has 1 unspecified atom stereocenters. The van der Waals surface area contributed by atoms with Crippen LogP contribution in [-0.4, -0.2) is 22.0 Å². The molecule has 1 N–H and O–H groups in total. The highest BCUT2D eigenvalue weighted by atomic mass is 32.1. The highest BCUT2D eigenvalue weighted by molar-refractivity contribution is 7.15. The van der Waals surface area contributed by atoms with Gasteiger partial charge in [0.05, 0.1) is 5.69 Å². The molecule has 0 aliphatic heterocycles. The Morgan fingerprint density at radius 3 is 3.06 bits per heavy atom. The fourth-order valence-corrected chi connectivity index (χ4v) is 2.86. The summed E-state index contributed by atoms with van der Waals surface area (Å²) in [5.41, 5.74) is 1.21. The molecule has 0 radical (unpaired) electrons. The van der Waals surface area contributed by atoms with Crippen LogP contribution in [0.5, 0.6) is 0 Å². The Morgan fingerprint density at radius 1 is 1.47 bits per heavy atom. The van der Waals surface area contributed by atoms with Crippen LogP contribution < -0.4 is 5.32 Å². The number of imidazole rings is 1. The van der Waals surface area contributed by atoms with Gasteiger partial charge >= 0.3 is 0 Å². The number of hydrogen-bond donors (Lipinski definition) is 1. The van der Waals surface area contributed by atoms with E-state index in [9.17, 15) is 0 Å². The standard InChI is InChI=1S/C13H21N3S/c1-3-5-6-11(14-4-2)9-12-10-16-7-8-17-13(16)15-12/h7-8,10-11,14H,3-6,9H2,1-2H3. The maximum Gasteiger partial charge on any atom is 0.193 e. The summed E-state index contributed by atoms with van der Waals surface area (Å²) in [6.07, 6.45) is 9.07. The van der Waals surface area contributed by atoms with Crippen LogP contribution in [0.25, 0.3) is 4.96 Å². The minimum Gasteiger partial charge on any atom is -0.314 e. The van der Waals surface area contributed by atoms with Gasteiger partial charge in [-0.15, -0.1) is 11.3 Å². The molecule has 3 nitrogen and oxygen atoms in total. The minimum atomic E-state index is 0.574. The third-order valence-corrected chi connectivity index (χ3v) is 3.77. The lowest BCUT2D eigenvalue weighted by molar-refractivity contribution is 0.470. The van der Waals surface area contributed by atoms with Gasteiger partial charge in [-0.05, 0) is 13.0 Å². The quantitative estimate of drug-likeness (QED) is 0.819. The van der Waals surface area contributed by atoms with E-state index in [1.54, 1.807) is 11.3 Å². The largest absolute Gasteiger partial charge is 0.314 e. The molecule has 0 bridgehead atoms. The molecule has 0 saturated carbocycles. The highest BCUT2D eigenvalue weighted by Crippen LogP contribution is 2.14. The second-order valence-electron chi connectivity index (χ2n) is 4.43. The first-order valence-corrected chi connectivity index (χ1v) is 7.36. The number of thiazole rings is 1.